The molecule has 2 aromatic heterocycles. The van der Waals surface area contributed by atoms with Gasteiger partial charge in [0, 0.05) is 41.7 Å². The van der Waals surface area contributed by atoms with E-state index in [2.05, 4.69) is 15.3 Å². The fourth-order valence-electron chi connectivity index (χ4n) is 3.03. The standard InChI is InChI=1S/C22H17FN4O3S/c23-16-7-3-1-5-14(16)21-25-18(13-31-21)15-6-2-4-8-17(15)24-19(28)9-11-27-12-10-20(29)26-22(27)30/h1-8,10,12-13H,9,11H2,(H,24,28)(H,26,29,30). The number of anilines is 1. The number of aromatic nitrogens is 3. The van der Waals surface area contributed by atoms with Crippen LogP contribution in [-0.4, -0.2) is 20.4 Å². The van der Waals surface area contributed by atoms with Gasteiger partial charge in [-0.2, -0.15) is 0 Å². The lowest BCUT2D eigenvalue weighted by Crippen LogP contribution is -2.29. The van der Waals surface area contributed by atoms with E-state index in [1.54, 1.807) is 30.3 Å². The van der Waals surface area contributed by atoms with Gasteiger partial charge in [0.15, 0.2) is 0 Å². The summed E-state index contributed by atoms with van der Waals surface area (Å²) in [6, 6.07) is 14.8. The number of nitrogens with zero attached hydrogens (tertiary/aromatic N) is 2. The van der Waals surface area contributed by atoms with E-state index in [-0.39, 0.29) is 24.7 Å². The van der Waals surface area contributed by atoms with Crippen molar-refractivity contribution in [3.8, 4) is 21.8 Å². The van der Waals surface area contributed by atoms with Crippen LogP contribution in [0.1, 0.15) is 6.42 Å². The molecule has 0 unspecified atom stereocenters. The van der Waals surface area contributed by atoms with Crippen molar-refractivity contribution in [2.75, 3.05) is 5.32 Å². The number of nitrogens with one attached hydrogen (secondary N) is 2. The SMILES string of the molecule is O=C(CCn1ccc(=O)[nH]c1=O)Nc1ccccc1-c1csc(-c2ccccc2F)n1. The number of benzene rings is 2. The summed E-state index contributed by atoms with van der Waals surface area (Å²) in [6.45, 7) is 0.123. The summed E-state index contributed by atoms with van der Waals surface area (Å²) >= 11 is 1.32. The summed E-state index contributed by atoms with van der Waals surface area (Å²) < 4.78 is 15.3. The molecule has 4 aromatic rings. The molecule has 9 heteroatoms. The first-order valence-corrected chi connectivity index (χ1v) is 10.3. The second kappa shape index (κ2) is 8.88. The van der Waals surface area contributed by atoms with Gasteiger partial charge in [0.1, 0.15) is 10.8 Å². The number of hydrogen-bond acceptors (Lipinski definition) is 5. The van der Waals surface area contributed by atoms with Crippen LogP contribution in [0.5, 0.6) is 0 Å². The van der Waals surface area contributed by atoms with Gasteiger partial charge in [-0.25, -0.2) is 14.2 Å². The minimum absolute atomic E-state index is 0.0395. The van der Waals surface area contributed by atoms with Crippen molar-refractivity contribution in [1.82, 2.24) is 14.5 Å². The van der Waals surface area contributed by atoms with E-state index in [4.69, 9.17) is 0 Å². The Bertz CT molecular complexity index is 1360. The minimum atomic E-state index is -0.566. The van der Waals surface area contributed by atoms with Gasteiger partial charge in [-0.1, -0.05) is 30.3 Å². The lowest BCUT2D eigenvalue weighted by atomic mass is 10.1. The zero-order chi connectivity index (χ0) is 21.8. The molecule has 0 atom stereocenters. The van der Waals surface area contributed by atoms with E-state index in [9.17, 15) is 18.8 Å². The lowest BCUT2D eigenvalue weighted by Gasteiger charge is -2.10. The molecule has 0 aliphatic rings. The van der Waals surface area contributed by atoms with Crippen molar-refractivity contribution in [2.45, 2.75) is 13.0 Å². The van der Waals surface area contributed by atoms with Crippen LogP contribution in [-0.2, 0) is 11.3 Å². The van der Waals surface area contributed by atoms with Crippen molar-refractivity contribution >= 4 is 22.9 Å². The molecule has 156 valence electrons. The van der Waals surface area contributed by atoms with Crippen LogP contribution in [0.15, 0.2) is 75.8 Å². The van der Waals surface area contributed by atoms with Crippen LogP contribution in [0, 0.1) is 5.82 Å². The number of para-hydroxylation sites is 1. The van der Waals surface area contributed by atoms with Gasteiger partial charge >= 0.3 is 5.69 Å². The maximum absolute atomic E-state index is 14.1. The zero-order valence-corrected chi connectivity index (χ0v) is 17.0. The van der Waals surface area contributed by atoms with Gasteiger partial charge in [0.05, 0.1) is 11.4 Å². The Hall–Kier alpha value is -3.85. The first kappa shape index (κ1) is 20.4. The Balaban J connectivity index is 1.51. The summed E-state index contributed by atoms with van der Waals surface area (Å²) in [5.41, 5.74) is 1.26. The van der Waals surface area contributed by atoms with Gasteiger partial charge in [0.2, 0.25) is 5.91 Å². The highest BCUT2D eigenvalue weighted by atomic mass is 32.1. The fraction of sp³-hybridized carbons (Fsp3) is 0.0909. The molecule has 2 heterocycles. The molecule has 0 spiro atoms. The van der Waals surface area contributed by atoms with E-state index in [1.165, 1.54) is 34.2 Å². The van der Waals surface area contributed by atoms with E-state index in [1.807, 2.05) is 17.5 Å². The quantitative estimate of drug-likeness (QED) is 0.484. The van der Waals surface area contributed by atoms with Crippen molar-refractivity contribution in [2.24, 2.45) is 0 Å². The number of thiazole rings is 1. The van der Waals surface area contributed by atoms with Gasteiger partial charge in [-0.05, 0) is 18.2 Å². The number of carbonyl (C=O) groups is 1. The van der Waals surface area contributed by atoms with Gasteiger partial charge in [-0.15, -0.1) is 11.3 Å². The highest BCUT2D eigenvalue weighted by molar-refractivity contribution is 7.13. The van der Waals surface area contributed by atoms with Crippen LogP contribution in [0.25, 0.3) is 21.8 Å². The van der Waals surface area contributed by atoms with Crippen molar-refractivity contribution < 1.29 is 9.18 Å². The average Bonchev–Trinajstić information content (AvgIpc) is 3.23. The normalized spacial score (nSPS) is 10.7. The molecule has 0 aliphatic carbocycles. The van der Waals surface area contributed by atoms with Crippen molar-refractivity contribution in [3.05, 3.63) is 92.8 Å². The van der Waals surface area contributed by atoms with Crippen molar-refractivity contribution in [3.63, 3.8) is 0 Å². The highest BCUT2D eigenvalue weighted by Gasteiger charge is 2.14. The Labute approximate surface area is 179 Å². The molecule has 0 radical (unpaired) electrons. The van der Waals surface area contributed by atoms with E-state index < -0.39 is 11.2 Å². The number of halogens is 1. The summed E-state index contributed by atoms with van der Waals surface area (Å²) in [4.78, 5) is 42.0. The predicted molar refractivity (Wildman–Crippen MR) is 118 cm³/mol. The third-order valence-electron chi connectivity index (χ3n) is 4.56. The predicted octanol–water partition coefficient (Wildman–Crippen LogP) is 3.50. The molecule has 0 bridgehead atoms. The number of hydrogen-bond donors (Lipinski definition) is 2. The Morgan fingerprint density at radius 1 is 1.06 bits per heavy atom. The molecule has 31 heavy (non-hydrogen) atoms. The molecule has 7 nitrogen and oxygen atoms in total. The molecule has 0 saturated carbocycles. The molecular weight excluding hydrogens is 419 g/mol. The highest BCUT2D eigenvalue weighted by Crippen LogP contribution is 2.33. The molecule has 1 amide bonds. The first-order valence-electron chi connectivity index (χ1n) is 9.41. The van der Waals surface area contributed by atoms with E-state index >= 15 is 0 Å². The maximum atomic E-state index is 14.1. The van der Waals surface area contributed by atoms with Gasteiger partial charge in [-0.3, -0.25) is 14.6 Å². The monoisotopic (exact) mass is 436 g/mol. The number of amides is 1. The van der Waals surface area contributed by atoms with Crippen molar-refractivity contribution in [1.29, 1.82) is 0 Å². The Kier molecular flexibility index (Phi) is 5.85. The van der Waals surface area contributed by atoms with Crippen LogP contribution in [0.2, 0.25) is 0 Å². The third-order valence-corrected chi connectivity index (χ3v) is 5.44. The number of carbonyl (C=O) groups excluding carboxylic acids is 1. The van der Waals surface area contributed by atoms with Gasteiger partial charge < -0.3 is 9.88 Å². The zero-order valence-electron chi connectivity index (χ0n) is 16.2. The third kappa shape index (κ3) is 4.67. The summed E-state index contributed by atoms with van der Waals surface area (Å²) in [5.74, 6) is -0.641. The lowest BCUT2D eigenvalue weighted by molar-refractivity contribution is -0.116. The maximum Gasteiger partial charge on any atom is 0.328 e. The number of rotatable bonds is 6. The van der Waals surface area contributed by atoms with Crippen LogP contribution in [0.4, 0.5) is 10.1 Å². The summed E-state index contributed by atoms with van der Waals surface area (Å²) in [5, 5.41) is 5.19. The summed E-state index contributed by atoms with van der Waals surface area (Å²) in [7, 11) is 0. The Morgan fingerprint density at radius 3 is 2.58 bits per heavy atom. The van der Waals surface area contributed by atoms with E-state index in [0.717, 1.165) is 0 Å². The smallest absolute Gasteiger partial charge is 0.325 e. The second-order valence-electron chi connectivity index (χ2n) is 6.67. The largest absolute Gasteiger partial charge is 0.328 e. The molecule has 0 fully saturated rings. The van der Waals surface area contributed by atoms with Crippen LogP contribution in [0.3, 0.4) is 0 Å². The minimum Gasteiger partial charge on any atom is -0.325 e. The van der Waals surface area contributed by atoms with Crippen LogP contribution >= 0.6 is 11.3 Å². The molecule has 2 aromatic carbocycles. The number of H-pyrrole nitrogens is 1. The molecule has 0 saturated heterocycles. The fourth-order valence-corrected chi connectivity index (χ4v) is 3.87. The van der Waals surface area contributed by atoms with Crippen LogP contribution < -0.4 is 16.6 Å². The average molecular weight is 436 g/mol. The first-order chi connectivity index (χ1) is 15.0. The Morgan fingerprint density at radius 2 is 1.81 bits per heavy atom. The number of aromatic amines is 1. The van der Waals surface area contributed by atoms with E-state index in [0.29, 0.717) is 27.5 Å². The molecule has 2 N–H and O–H groups in total. The molecule has 0 aliphatic heterocycles. The molecule has 4 rings (SSSR count). The van der Waals surface area contributed by atoms with Gasteiger partial charge in [0.25, 0.3) is 5.56 Å². The topological polar surface area (TPSA) is 96.9 Å². The second-order valence-corrected chi connectivity index (χ2v) is 7.52. The summed E-state index contributed by atoms with van der Waals surface area (Å²) in [6.07, 6.45) is 1.39. The molecular formula is C22H17FN4O3S. The number of aryl methyl sites for hydroxylation is 1.